The molecule has 1 rings (SSSR count). The number of alkyl halides is 1. The summed E-state index contributed by atoms with van der Waals surface area (Å²) in [5.74, 6) is 0.594. The lowest BCUT2D eigenvalue weighted by Gasteiger charge is -1.99. The molecule has 0 saturated carbocycles. The monoisotopic (exact) mass is 235 g/mol. The molecule has 0 aliphatic carbocycles. The summed E-state index contributed by atoms with van der Waals surface area (Å²) in [5.41, 5.74) is 0.795. The van der Waals surface area contributed by atoms with Gasteiger partial charge in [-0.1, -0.05) is 35.4 Å². The summed E-state index contributed by atoms with van der Waals surface area (Å²) in [5, 5.41) is 1.11. The van der Waals surface area contributed by atoms with Gasteiger partial charge in [-0.05, 0) is 6.42 Å². The maximum Gasteiger partial charge on any atom is 0.0676 e. The van der Waals surface area contributed by atoms with Gasteiger partial charge in [-0.15, -0.1) is 11.6 Å². The van der Waals surface area contributed by atoms with Crippen LogP contribution in [0.1, 0.15) is 12.0 Å². The lowest BCUT2D eigenvalue weighted by atomic mass is 10.2. The normalized spacial score (nSPS) is 11.0. The molecule has 0 aliphatic heterocycles. The number of halogens is 3. The van der Waals surface area contributed by atoms with Gasteiger partial charge in [0.25, 0.3) is 0 Å². The van der Waals surface area contributed by atoms with Gasteiger partial charge in [0.15, 0.2) is 0 Å². The van der Waals surface area contributed by atoms with E-state index < -0.39 is 0 Å². The predicted molar refractivity (Wildman–Crippen MR) is 58.6 cm³/mol. The first-order valence-electron chi connectivity index (χ1n) is 3.77. The van der Waals surface area contributed by atoms with E-state index in [2.05, 4.69) is 4.98 Å². The Hall–Kier alpha value is -0.240. The van der Waals surface area contributed by atoms with Crippen LogP contribution in [0.2, 0.25) is 10.0 Å². The van der Waals surface area contributed by atoms with Gasteiger partial charge < -0.3 is 0 Å². The molecule has 70 valence electrons. The van der Waals surface area contributed by atoms with Crippen molar-refractivity contribution in [3.8, 4) is 0 Å². The van der Waals surface area contributed by atoms with Crippen molar-refractivity contribution in [1.29, 1.82) is 0 Å². The summed E-state index contributed by atoms with van der Waals surface area (Å²) in [6.07, 6.45) is 7.72. The van der Waals surface area contributed by atoms with Gasteiger partial charge in [0.1, 0.15) is 0 Å². The molecule has 1 nitrogen and oxygen atoms in total. The van der Waals surface area contributed by atoms with Gasteiger partial charge in [0.05, 0.1) is 10.0 Å². The molecule has 0 N–H and O–H groups in total. The molecule has 0 bridgehead atoms. The Balaban J connectivity index is 2.87. The average Bonchev–Trinajstić information content (AvgIpc) is 2.10. The van der Waals surface area contributed by atoms with E-state index >= 15 is 0 Å². The molecular weight excluding hydrogens is 228 g/mol. The van der Waals surface area contributed by atoms with E-state index in [0.717, 1.165) is 12.0 Å². The van der Waals surface area contributed by atoms with Crippen molar-refractivity contribution in [3.63, 3.8) is 0 Å². The SMILES string of the molecule is ClCCC=Cc1c(Cl)cncc1Cl. The van der Waals surface area contributed by atoms with Gasteiger partial charge in [-0.3, -0.25) is 4.98 Å². The minimum atomic E-state index is 0.554. The molecule has 0 amide bonds. The van der Waals surface area contributed by atoms with Crippen molar-refractivity contribution >= 4 is 40.9 Å². The second-order valence-corrected chi connectivity index (χ2v) is 3.59. The Kier molecular flexibility index (Phi) is 4.57. The van der Waals surface area contributed by atoms with Crippen LogP contribution in [0.5, 0.6) is 0 Å². The van der Waals surface area contributed by atoms with E-state index in [9.17, 15) is 0 Å². The van der Waals surface area contributed by atoms with Crippen molar-refractivity contribution in [2.45, 2.75) is 6.42 Å². The van der Waals surface area contributed by atoms with Crippen LogP contribution >= 0.6 is 34.8 Å². The third-order valence-corrected chi connectivity index (χ3v) is 2.27. The van der Waals surface area contributed by atoms with Gasteiger partial charge in [-0.25, -0.2) is 0 Å². The highest BCUT2D eigenvalue weighted by molar-refractivity contribution is 6.36. The highest BCUT2D eigenvalue weighted by Gasteiger charge is 2.00. The minimum absolute atomic E-state index is 0.554. The summed E-state index contributed by atoms with van der Waals surface area (Å²) >= 11 is 17.3. The highest BCUT2D eigenvalue weighted by atomic mass is 35.5. The molecule has 1 aromatic heterocycles. The third-order valence-electron chi connectivity index (χ3n) is 1.45. The van der Waals surface area contributed by atoms with E-state index in [4.69, 9.17) is 34.8 Å². The number of aromatic nitrogens is 1. The van der Waals surface area contributed by atoms with Gasteiger partial charge in [-0.2, -0.15) is 0 Å². The fraction of sp³-hybridized carbons (Fsp3) is 0.222. The van der Waals surface area contributed by atoms with Gasteiger partial charge in [0, 0.05) is 23.8 Å². The second kappa shape index (κ2) is 5.48. The number of allylic oxidation sites excluding steroid dienone is 1. The molecule has 0 aliphatic rings. The summed E-state index contributed by atoms with van der Waals surface area (Å²) in [6.45, 7) is 0. The molecular formula is C9H8Cl3N. The fourth-order valence-corrected chi connectivity index (χ4v) is 1.46. The van der Waals surface area contributed by atoms with Gasteiger partial charge >= 0.3 is 0 Å². The van der Waals surface area contributed by atoms with Crippen molar-refractivity contribution < 1.29 is 0 Å². The quantitative estimate of drug-likeness (QED) is 0.722. The molecule has 0 saturated heterocycles. The Labute approximate surface area is 92.3 Å². The van der Waals surface area contributed by atoms with Crippen molar-refractivity contribution in [2.24, 2.45) is 0 Å². The molecule has 0 aromatic carbocycles. The predicted octanol–water partition coefficient (Wildman–Crippen LogP) is 4.03. The van der Waals surface area contributed by atoms with E-state index in [1.165, 1.54) is 0 Å². The molecule has 0 unspecified atom stereocenters. The minimum Gasteiger partial charge on any atom is -0.262 e. The lowest BCUT2D eigenvalue weighted by Crippen LogP contribution is -1.80. The topological polar surface area (TPSA) is 12.9 Å². The van der Waals surface area contributed by atoms with E-state index in [1.807, 2.05) is 12.2 Å². The van der Waals surface area contributed by atoms with Crippen LogP contribution in [0, 0.1) is 0 Å². The van der Waals surface area contributed by atoms with E-state index in [-0.39, 0.29) is 0 Å². The average molecular weight is 237 g/mol. The van der Waals surface area contributed by atoms with Crippen LogP contribution in [-0.2, 0) is 0 Å². The summed E-state index contributed by atoms with van der Waals surface area (Å²) in [4.78, 5) is 3.85. The Bertz CT molecular complexity index is 289. The fourth-order valence-electron chi connectivity index (χ4n) is 0.845. The molecule has 1 aromatic rings. The van der Waals surface area contributed by atoms with Crippen molar-refractivity contribution in [3.05, 3.63) is 34.1 Å². The summed E-state index contributed by atoms with van der Waals surface area (Å²) in [6, 6.07) is 0. The molecule has 0 radical (unpaired) electrons. The van der Waals surface area contributed by atoms with Crippen LogP contribution < -0.4 is 0 Å². The Morgan fingerprint density at radius 1 is 1.23 bits per heavy atom. The number of hydrogen-bond donors (Lipinski definition) is 0. The molecule has 4 heteroatoms. The van der Waals surface area contributed by atoms with Crippen LogP contribution in [0.15, 0.2) is 18.5 Å². The maximum atomic E-state index is 5.88. The van der Waals surface area contributed by atoms with Crippen molar-refractivity contribution in [1.82, 2.24) is 4.98 Å². The zero-order valence-electron chi connectivity index (χ0n) is 6.80. The Morgan fingerprint density at radius 2 is 1.85 bits per heavy atom. The molecule has 0 fully saturated rings. The standard InChI is InChI=1S/C9H8Cl3N/c10-4-2-1-3-7-8(11)5-13-6-9(7)12/h1,3,5-6H,2,4H2. The lowest BCUT2D eigenvalue weighted by molar-refractivity contribution is 1.24. The zero-order valence-corrected chi connectivity index (χ0v) is 9.07. The molecule has 0 atom stereocenters. The second-order valence-electron chi connectivity index (χ2n) is 2.40. The van der Waals surface area contributed by atoms with Crippen LogP contribution in [-0.4, -0.2) is 10.9 Å². The first-order chi connectivity index (χ1) is 6.25. The third kappa shape index (κ3) is 3.18. The molecule has 13 heavy (non-hydrogen) atoms. The first-order valence-corrected chi connectivity index (χ1v) is 5.06. The van der Waals surface area contributed by atoms with Gasteiger partial charge in [0.2, 0.25) is 0 Å². The van der Waals surface area contributed by atoms with E-state index in [0.29, 0.717) is 15.9 Å². The smallest absolute Gasteiger partial charge is 0.0676 e. The molecule has 1 heterocycles. The van der Waals surface area contributed by atoms with Crippen LogP contribution in [0.3, 0.4) is 0 Å². The molecule has 0 spiro atoms. The Morgan fingerprint density at radius 3 is 2.38 bits per heavy atom. The number of pyridine rings is 1. The van der Waals surface area contributed by atoms with Crippen LogP contribution in [0.4, 0.5) is 0 Å². The first kappa shape index (κ1) is 10.8. The van der Waals surface area contributed by atoms with E-state index in [1.54, 1.807) is 12.4 Å². The number of hydrogen-bond acceptors (Lipinski definition) is 1. The number of rotatable bonds is 3. The highest BCUT2D eigenvalue weighted by Crippen LogP contribution is 2.24. The summed E-state index contributed by atoms with van der Waals surface area (Å²) in [7, 11) is 0. The zero-order chi connectivity index (χ0) is 9.68. The maximum absolute atomic E-state index is 5.88. The van der Waals surface area contributed by atoms with Crippen molar-refractivity contribution in [2.75, 3.05) is 5.88 Å². The number of nitrogens with zero attached hydrogens (tertiary/aromatic N) is 1. The van der Waals surface area contributed by atoms with Crippen LogP contribution in [0.25, 0.3) is 6.08 Å². The largest absolute Gasteiger partial charge is 0.262 e. The summed E-state index contributed by atoms with van der Waals surface area (Å²) < 4.78 is 0.